The van der Waals surface area contributed by atoms with Gasteiger partial charge in [0, 0.05) is 24.2 Å². The lowest BCUT2D eigenvalue weighted by Crippen LogP contribution is -2.40. The Hall–Kier alpha value is -1.26. The zero-order valence-electron chi connectivity index (χ0n) is 13.5. The summed E-state index contributed by atoms with van der Waals surface area (Å²) >= 11 is 0. The maximum atomic E-state index is 6.11. The van der Waals surface area contributed by atoms with Crippen molar-refractivity contribution >= 4 is 0 Å². The summed E-state index contributed by atoms with van der Waals surface area (Å²) in [5, 5.41) is 0. The zero-order chi connectivity index (χ0) is 15.2. The number of methoxy groups -OCH3 is 2. The third kappa shape index (κ3) is 3.50. The SMILES string of the molecule is CCN(C1CCCC1)C(CN)c1ccc(OC)cc1OC. The summed E-state index contributed by atoms with van der Waals surface area (Å²) < 4.78 is 10.9. The molecule has 1 aromatic rings. The van der Waals surface area contributed by atoms with Crippen molar-refractivity contribution in [3.05, 3.63) is 23.8 Å². The fourth-order valence-corrected chi connectivity index (χ4v) is 3.50. The van der Waals surface area contributed by atoms with Crippen molar-refractivity contribution in [1.29, 1.82) is 0 Å². The van der Waals surface area contributed by atoms with Crippen LogP contribution in [0, 0.1) is 0 Å². The molecule has 0 bridgehead atoms. The first-order chi connectivity index (χ1) is 10.2. The van der Waals surface area contributed by atoms with Gasteiger partial charge in [0.15, 0.2) is 0 Å². The van der Waals surface area contributed by atoms with Crippen molar-refractivity contribution in [2.75, 3.05) is 27.3 Å². The molecule has 0 heterocycles. The highest BCUT2D eigenvalue weighted by molar-refractivity contribution is 5.42. The quantitative estimate of drug-likeness (QED) is 0.839. The molecule has 118 valence electrons. The summed E-state index contributed by atoms with van der Waals surface area (Å²) in [6.07, 6.45) is 5.22. The van der Waals surface area contributed by atoms with Gasteiger partial charge in [-0.2, -0.15) is 0 Å². The van der Waals surface area contributed by atoms with Gasteiger partial charge in [0.25, 0.3) is 0 Å². The molecule has 0 spiro atoms. The maximum absolute atomic E-state index is 6.11. The Labute approximate surface area is 128 Å². The van der Waals surface area contributed by atoms with Gasteiger partial charge in [0.1, 0.15) is 11.5 Å². The minimum Gasteiger partial charge on any atom is -0.497 e. The molecule has 0 amide bonds. The van der Waals surface area contributed by atoms with Gasteiger partial charge in [0.2, 0.25) is 0 Å². The lowest BCUT2D eigenvalue weighted by Gasteiger charge is -2.36. The predicted molar refractivity (Wildman–Crippen MR) is 86.0 cm³/mol. The molecule has 4 heteroatoms. The van der Waals surface area contributed by atoms with Crippen molar-refractivity contribution in [3.8, 4) is 11.5 Å². The van der Waals surface area contributed by atoms with E-state index in [4.69, 9.17) is 15.2 Å². The van der Waals surface area contributed by atoms with E-state index in [1.807, 2.05) is 12.1 Å². The Balaban J connectivity index is 2.30. The van der Waals surface area contributed by atoms with Crippen LogP contribution in [0.25, 0.3) is 0 Å². The molecule has 4 nitrogen and oxygen atoms in total. The Morgan fingerprint density at radius 3 is 2.48 bits per heavy atom. The molecular weight excluding hydrogens is 264 g/mol. The molecular formula is C17H28N2O2. The van der Waals surface area contributed by atoms with Crippen molar-refractivity contribution in [2.45, 2.75) is 44.7 Å². The number of nitrogens with zero attached hydrogens (tertiary/aromatic N) is 1. The third-order valence-electron chi connectivity index (χ3n) is 4.58. The van der Waals surface area contributed by atoms with Gasteiger partial charge in [-0.15, -0.1) is 0 Å². The van der Waals surface area contributed by atoms with Gasteiger partial charge in [-0.25, -0.2) is 0 Å². The van der Waals surface area contributed by atoms with E-state index in [0.717, 1.165) is 23.6 Å². The number of hydrogen-bond donors (Lipinski definition) is 1. The molecule has 0 saturated heterocycles. The highest BCUT2D eigenvalue weighted by atomic mass is 16.5. The van der Waals surface area contributed by atoms with Gasteiger partial charge < -0.3 is 15.2 Å². The molecule has 2 rings (SSSR count). The number of likely N-dealkylation sites (N-methyl/N-ethyl adjacent to an activating group) is 1. The summed E-state index contributed by atoms with van der Waals surface area (Å²) in [5.41, 5.74) is 7.28. The molecule has 0 aromatic heterocycles. The number of hydrogen-bond acceptors (Lipinski definition) is 4. The lowest BCUT2D eigenvalue weighted by atomic mass is 10.0. The molecule has 1 atom stereocenters. The van der Waals surface area contributed by atoms with Crippen molar-refractivity contribution in [2.24, 2.45) is 5.73 Å². The van der Waals surface area contributed by atoms with E-state index in [0.29, 0.717) is 12.6 Å². The molecule has 2 N–H and O–H groups in total. The second kappa shape index (κ2) is 7.66. The first-order valence-corrected chi connectivity index (χ1v) is 7.92. The minimum absolute atomic E-state index is 0.207. The molecule has 1 aromatic carbocycles. The minimum atomic E-state index is 0.207. The molecule has 1 saturated carbocycles. The summed E-state index contributed by atoms with van der Waals surface area (Å²) in [4.78, 5) is 2.54. The van der Waals surface area contributed by atoms with Crippen LogP contribution in [0.4, 0.5) is 0 Å². The van der Waals surface area contributed by atoms with Gasteiger partial charge in [-0.3, -0.25) is 4.90 Å². The van der Waals surface area contributed by atoms with Crippen LogP contribution in [0.3, 0.4) is 0 Å². The number of benzene rings is 1. The molecule has 0 radical (unpaired) electrons. The highest BCUT2D eigenvalue weighted by Gasteiger charge is 2.29. The largest absolute Gasteiger partial charge is 0.497 e. The standard InChI is InChI=1S/C17H28N2O2/c1-4-19(13-7-5-6-8-13)16(12-18)15-10-9-14(20-2)11-17(15)21-3/h9-11,13,16H,4-8,12,18H2,1-3H3. The molecule has 1 fully saturated rings. The van der Waals surface area contributed by atoms with E-state index in [9.17, 15) is 0 Å². The Kier molecular flexibility index (Phi) is 5.88. The Bertz CT molecular complexity index is 444. The molecule has 1 unspecified atom stereocenters. The highest BCUT2D eigenvalue weighted by Crippen LogP contribution is 2.36. The van der Waals surface area contributed by atoms with Gasteiger partial charge in [-0.05, 0) is 25.5 Å². The van der Waals surface area contributed by atoms with Gasteiger partial charge in [-0.1, -0.05) is 25.8 Å². The van der Waals surface area contributed by atoms with E-state index in [1.165, 1.54) is 25.7 Å². The van der Waals surface area contributed by atoms with E-state index in [2.05, 4.69) is 17.9 Å². The first kappa shape index (κ1) is 16.1. The van der Waals surface area contributed by atoms with Gasteiger partial charge >= 0.3 is 0 Å². The summed E-state index contributed by atoms with van der Waals surface area (Å²) in [6.45, 7) is 3.84. The Morgan fingerprint density at radius 1 is 1.24 bits per heavy atom. The predicted octanol–water partition coefficient (Wildman–Crippen LogP) is 2.97. The van der Waals surface area contributed by atoms with Crippen LogP contribution in [-0.4, -0.2) is 38.3 Å². The fraction of sp³-hybridized carbons (Fsp3) is 0.647. The van der Waals surface area contributed by atoms with Crippen LogP contribution in [-0.2, 0) is 0 Å². The lowest BCUT2D eigenvalue weighted by molar-refractivity contribution is 0.145. The van der Waals surface area contributed by atoms with Crippen LogP contribution >= 0.6 is 0 Å². The van der Waals surface area contributed by atoms with Crippen LogP contribution in [0.2, 0.25) is 0 Å². The monoisotopic (exact) mass is 292 g/mol. The second-order valence-corrected chi connectivity index (χ2v) is 5.63. The van der Waals surface area contributed by atoms with E-state index >= 15 is 0 Å². The normalized spacial score (nSPS) is 17.2. The summed E-state index contributed by atoms with van der Waals surface area (Å²) in [6, 6.07) is 6.88. The average molecular weight is 292 g/mol. The third-order valence-corrected chi connectivity index (χ3v) is 4.58. The van der Waals surface area contributed by atoms with Crippen LogP contribution in [0.1, 0.15) is 44.2 Å². The van der Waals surface area contributed by atoms with E-state index < -0.39 is 0 Å². The topological polar surface area (TPSA) is 47.7 Å². The van der Waals surface area contributed by atoms with Crippen LogP contribution in [0.15, 0.2) is 18.2 Å². The van der Waals surface area contributed by atoms with Crippen molar-refractivity contribution in [3.63, 3.8) is 0 Å². The summed E-state index contributed by atoms with van der Waals surface area (Å²) in [5.74, 6) is 1.68. The fourth-order valence-electron chi connectivity index (χ4n) is 3.50. The second-order valence-electron chi connectivity index (χ2n) is 5.63. The smallest absolute Gasteiger partial charge is 0.127 e. The van der Waals surface area contributed by atoms with Crippen molar-refractivity contribution < 1.29 is 9.47 Å². The Morgan fingerprint density at radius 2 is 1.95 bits per heavy atom. The number of ether oxygens (including phenoxy) is 2. The zero-order valence-corrected chi connectivity index (χ0v) is 13.5. The number of nitrogens with two attached hydrogens (primary N) is 1. The first-order valence-electron chi connectivity index (χ1n) is 7.92. The van der Waals surface area contributed by atoms with Gasteiger partial charge in [0.05, 0.1) is 20.3 Å². The maximum Gasteiger partial charge on any atom is 0.127 e. The van der Waals surface area contributed by atoms with Crippen molar-refractivity contribution in [1.82, 2.24) is 4.90 Å². The molecule has 1 aliphatic rings. The average Bonchev–Trinajstić information content (AvgIpc) is 3.06. The van der Waals surface area contributed by atoms with Crippen LogP contribution < -0.4 is 15.2 Å². The molecule has 1 aliphatic carbocycles. The number of rotatable bonds is 7. The molecule has 21 heavy (non-hydrogen) atoms. The van der Waals surface area contributed by atoms with Crippen LogP contribution in [0.5, 0.6) is 11.5 Å². The van der Waals surface area contributed by atoms with E-state index in [-0.39, 0.29) is 6.04 Å². The molecule has 0 aliphatic heterocycles. The summed E-state index contributed by atoms with van der Waals surface area (Å²) in [7, 11) is 3.38. The van der Waals surface area contributed by atoms with E-state index in [1.54, 1.807) is 14.2 Å².